The van der Waals surface area contributed by atoms with Gasteiger partial charge in [-0.1, -0.05) is 0 Å². The lowest BCUT2D eigenvalue weighted by atomic mass is 10.00. The van der Waals surface area contributed by atoms with Crippen LogP contribution in [0.4, 0.5) is 18.9 Å². The van der Waals surface area contributed by atoms with Crippen molar-refractivity contribution in [3.63, 3.8) is 0 Å². The first-order valence-corrected chi connectivity index (χ1v) is 5.62. The van der Waals surface area contributed by atoms with Crippen molar-refractivity contribution < 1.29 is 23.2 Å². The summed E-state index contributed by atoms with van der Waals surface area (Å²) in [5.41, 5.74) is -2.33. The van der Waals surface area contributed by atoms with E-state index in [9.17, 15) is 28.4 Å². The topological polar surface area (TPSA) is 75.4 Å². The van der Waals surface area contributed by atoms with Crippen molar-refractivity contribution >= 4 is 5.69 Å². The van der Waals surface area contributed by atoms with Crippen molar-refractivity contribution in [3.05, 3.63) is 33.4 Å². The average Bonchev–Trinajstić information content (AvgIpc) is 2.80. The van der Waals surface area contributed by atoms with Gasteiger partial charge >= 0.3 is 6.18 Å². The van der Waals surface area contributed by atoms with Gasteiger partial charge in [-0.15, -0.1) is 0 Å². The molecule has 0 aliphatic carbocycles. The quantitative estimate of drug-likeness (QED) is 0.643. The summed E-state index contributed by atoms with van der Waals surface area (Å²) in [7, 11) is 0. The van der Waals surface area contributed by atoms with E-state index in [-0.39, 0.29) is 11.6 Å². The van der Waals surface area contributed by atoms with Crippen LogP contribution in [0.5, 0.6) is 5.75 Å². The second kappa shape index (κ2) is 4.69. The molecule has 0 aromatic heterocycles. The van der Waals surface area contributed by atoms with Gasteiger partial charge in [0.15, 0.2) is 0 Å². The number of nitro benzene ring substituents is 1. The molecule has 104 valence electrons. The second-order valence-electron chi connectivity index (χ2n) is 4.33. The maximum Gasteiger partial charge on any atom is 0.423 e. The zero-order valence-electron chi connectivity index (χ0n) is 9.70. The van der Waals surface area contributed by atoms with Gasteiger partial charge in [0.05, 0.1) is 4.92 Å². The minimum Gasteiger partial charge on any atom is -0.508 e. The smallest absolute Gasteiger partial charge is 0.423 e. The number of nitrogens with zero attached hydrogens (tertiary/aromatic N) is 1. The molecule has 5 nitrogen and oxygen atoms in total. The van der Waals surface area contributed by atoms with E-state index in [2.05, 4.69) is 5.32 Å². The van der Waals surface area contributed by atoms with E-state index in [0.29, 0.717) is 19.0 Å². The molecule has 1 aromatic carbocycles. The molecule has 19 heavy (non-hydrogen) atoms. The first-order valence-electron chi connectivity index (χ1n) is 5.62. The number of alkyl halides is 3. The first kappa shape index (κ1) is 13.6. The Hall–Kier alpha value is -1.83. The highest BCUT2D eigenvalue weighted by Gasteiger charge is 2.40. The minimum absolute atomic E-state index is 0.136. The number of phenolic OH excluding ortho intramolecular Hbond substituents is 1. The highest BCUT2D eigenvalue weighted by molar-refractivity contribution is 5.52. The summed E-state index contributed by atoms with van der Waals surface area (Å²) in [6, 6.07) is 0.884. The first-order chi connectivity index (χ1) is 8.80. The van der Waals surface area contributed by atoms with Crippen molar-refractivity contribution in [1.29, 1.82) is 0 Å². The van der Waals surface area contributed by atoms with Crippen molar-refractivity contribution in [2.45, 2.75) is 25.1 Å². The third kappa shape index (κ3) is 2.62. The Labute approximate surface area is 106 Å². The average molecular weight is 276 g/mol. The summed E-state index contributed by atoms with van der Waals surface area (Å²) in [4.78, 5) is 9.67. The fourth-order valence-corrected chi connectivity index (χ4v) is 2.20. The predicted octanol–water partition coefficient (Wildman–Crippen LogP) is 2.74. The molecule has 2 rings (SSSR count). The largest absolute Gasteiger partial charge is 0.508 e. The summed E-state index contributed by atoms with van der Waals surface area (Å²) < 4.78 is 38.0. The molecule has 0 spiro atoms. The van der Waals surface area contributed by atoms with Crippen LogP contribution in [0.2, 0.25) is 0 Å². The molecule has 0 saturated carbocycles. The molecule has 1 fully saturated rings. The van der Waals surface area contributed by atoms with E-state index < -0.39 is 28.1 Å². The monoisotopic (exact) mass is 276 g/mol. The number of hydrogen-bond acceptors (Lipinski definition) is 4. The highest BCUT2D eigenvalue weighted by Crippen LogP contribution is 2.42. The molecular formula is C11H11F3N2O3. The molecule has 0 radical (unpaired) electrons. The van der Waals surface area contributed by atoms with Crippen LogP contribution in [0.25, 0.3) is 0 Å². The molecule has 2 N–H and O–H groups in total. The molecule has 1 aliphatic rings. The summed E-state index contributed by atoms with van der Waals surface area (Å²) in [5.74, 6) is -0.572. The predicted molar refractivity (Wildman–Crippen MR) is 59.7 cm³/mol. The molecule has 1 atom stereocenters. The van der Waals surface area contributed by atoms with Gasteiger partial charge in [0.25, 0.3) is 5.69 Å². The van der Waals surface area contributed by atoms with Crippen LogP contribution in [0.1, 0.15) is 30.0 Å². The molecule has 1 saturated heterocycles. The van der Waals surface area contributed by atoms with E-state index in [1.807, 2.05) is 0 Å². The van der Waals surface area contributed by atoms with E-state index in [0.717, 1.165) is 12.5 Å². The molecular weight excluding hydrogens is 265 g/mol. The van der Waals surface area contributed by atoms with Crippen LogP contribution < -0.4 is 5.32 Å². The summed E-state index contributed by atoms with van der Waals surface area (Å²) >= 11 is 0. The third-order valence-electron chi connectivity index (χ3n) is 3.08. The zero-order chi connectivity index (χ0) is 14.2. The molecule has 1 aromatic rings. The number of halogens is 3. The Morgan fingerprint density at radius 3 is 2.58 bits per heavy atom. The Balaban J connectivity index is 2.54. The number of rotatable bonds is 2. The molecule has 1 aliphatic heterocycles. The number of hydrogen-bond donors (Lipinski definition) is 2. The van der Waals surface area contributed by atoms with Crippen LogP contribution in [0.15, 0.2) is 12.1 Å². The fourth-order valence-electron chi connectivity index (χ4n) is 2.20. The minimum atomic E-state index is -4.87. The molecule has 0 unspecified atom stereocenters. The van der Waals surface area contributed by atoms with Crippen molar-refractivity contribution in [2.75, 3.05) is 6.54 Å². The van der Waals surface area contributed by atoms with E-state index in [4.69, 9.17) is 0 Å². The van der Waals surface area contributed by atoms with Gasteiger partial charge < -0.3 is 10.4 Å². The Kier molecular flexibility index (Phi) is 3.36. The number of nitro groups is 1. The van der Waals surface area contributed by atoms with E-state index in [1.54, 1.807) is 0 Å². The highest BCUT2D eigenvalue weighted by atomic mass is 19.4. The number of aromatic hydroxyl groups is 1. The maximum absolute atomic E-state index is 12.7. The van der Waals surface area contributed by atoms with Crippen LogP contribution in [-0.2, 0) is 6.18 Å². The van der Waals surface area contributed by atoms with Gasteiger partial charge in [-0.3, -0.25) is 10.1 Å². The van der Waals surface area contributed by atoms with Gasteiger partial charge in [-0.2, -0.15) is 13.2 Å². The van der Waals surface area contributed by atoms with Gasteiger partial charge in [0.1, 0.15) is 11.3 Å². The van der Waals surface area contributed by atoms with E-state index in [1.165, 1.54) is 0 Å². The fraction of sp³-hybridized carbons (Fsp3) is 0.455. The van der Waals surface area contributed by atoms with Gasteiger partial charge in [-0.05, 0) is 25.5 Å². The lowest BCUT2D eigenvalue weighted by Crippen LogP contribution is -2.15. The normalized spacial score (nSPS) is 19.6. The summed E-state index contributed by atoms with van der Waals surface area (Å²) in [6.45, 7) is 0.666. The number of nitrogens with one attached hydrogen (secondary N) is 1. The molecule has 0 bridgehead atoms. The van der Waals surface area contributed by atoms with Gasteiger partial charge in [0, 0.05) is 17.7 Å². The Bertz CT molecular complexity index is 511. The standard InChI is InChI=1S/C11H11F3N2O3/c12-11(13,14)7-5-10(17)6(4-9(7)16(18)19)8-2-1-3-15-8/h4-5,8,15,17H,1-3H2/t8-/m0/s1. The van der Waals surface area contributed by atoms with Crippen LogP contribution in [-0.4, -0.2) is 16.6 Å². The van der Waals surface area contributed by atoms with Crippen LogP contribution in [0.3, 0.4) is 0 Å². The second-order valence-corrected chi connectivity index (χ2v) is 4.33. The van der Waals surface area contributed by atoms with Gasteiger partial charge in [-0.25, -0.2) is 0 Å². The van der Waals surface area contributed by atoms with Gasteiger partial charge in [0.2, 0.25) is 0 Å². The Morgan fingerprint density at radius 1 is 1.42 bits per heavy atom. The lowest BCUT2D eigenvalue weighted by molar-refractivity contribution is -0.388. The third-order valence-corrected chi connectivity index (χ3v) is 3.08. The number of phenols is 1. The van der Waals surface area contributed by atoms with Crippen molar-refractivity contribution in [2.24, 2.45) is 0 Å². The van der Waals surface area contributed by atoms with Crippen LogP contribution >= 0.6 is 0 Å². The van der Waals surface area contributed by atoms with E-state index >= 15 is 0 Å². The SMILES string of the molecule is O=[N+]([O-])c1cc([C@@H]2CCCN2)c(O)cc1C(F)(F)F. The summed E-state index contributed by atoms with van der Waals surface area (Å²) in [6.07, 6.45) is -3.45. The van der Waals surface area contributed by atoms with Crippen LogP contribution in [0, 0.1) is 10.1 Å². The molecule has 8 heteroatoms. The zero-order valence-corrected chi connectivity index (χ0v) is 9.70. The molecule has 0 amide bonds. The Morgan fingerprint density at radius 2 is 2.11 bits per heavy atom. The summed E-state index contributed by atoms with van der Waals surface area (Å²) in [5, 5.41) is 23.4. The van der Waals surface area contributed by atoms with Crippen molar-refractivity contribution in [3.8, 4) is 5.75 Å². The molecule has 1 heterocycles. The maximum atomic E-state index is 12.7. The lowest BCUT2D eigenvalue weighted by Gasteiger charge is -2.15. The number of benzene rings is 1. The van der Waals surface area contributed by atoms with Crippen molar-refractivity contribution in [1.82, 2.24) is 5.32 Å².